The number of amides is 1. The lowest BCUT2D eigenvalue weighted by Crippen LogP contribution is -2.53. The van der Waals surface area contributed by atoms with Crippen LogP contribution in [0.5, 0.6) is 0 Å². The number of hydrogen-bond donors (Lipinski definition) is 2. The van der Waals surface area contributed by atoms with Crippen LogP contribution >= 0.6 is 34.5 Å². The number of aromatic amines is 1. The van der Waals surface area contributed by atoms with Crippen LogP contribution in [-0.2, 0) is 14.6 Å². The van der Waals surface area contributed by atoms with E-state index in [2.05, 4.69) is 15.3 Å². The van der Waals surface area contributed by atoms with Crippen LogP contribution in [0.15, 0.2) is 6.20 Å². The van der Waals surface area contributed by atoms with Crippen molar-refractivity contribution in [3.63, 3.8) is 0 Å². The van der Waals surface area contributed by atoms with Crippen molar-refractivity contribution in [3.05, 3.63) is 32.5 Å². The van der Waals surface area contributed by atoms with Crippen LogP contribution in [0.1, 0.15) is 32.3 Å². The maximum absolute atomic E-state index is 12.8. The molecule has 1 fully saturated rings. The summed E-state index contributed by atoms with van der Waals surface area (Å²) in [7, 11) is -2.01. The van der Waals surface area contributed by atoms with E-state index in [9.17, 15) is 18.0 Å². The normalized spacial score (nSPS) is 19.3. The fourth-order valence-corrected chi connectivity index (χ4v) is 5.93. The maximum atomic E-state index is 12.8. The molecule has 0 unspecified atom stereocenters. The van der Waals surface area contributed by atoms with Gasteiger partial charge >= 0.3 is 5.97 Å². The summed E-state index contributed by atoms with van der Waals surface area (Å²) < 4.78 is 28.8. The van der Waals surface area contributed by atoms with Gasteiger partial charge in [0.15, 0.2) is 5.13 Å². The fourth-order valence-electron chi connectivity index (χ4n) is 3.53. The van der Waals surface area contributed by atoms with Gasteiger partial charge in [0.1, 0.15) is 20.4 Å². The summed E-state index contributed by atoms with van der Waals surface area (Å²) in [5, 5.41) is 3.90. The molecule has 1 aliphatic heterocycles. The molecule has 0 aliphatic carbocycles. The van der Waals surface area contributed by atoms with E-state index >= 15 is 0 Å². The van der Waals surface area contributed by atoms with Crippen LogP contribution in [0.4, 0.5) is 5.13 Å². The van der Waals surface area contributed by atoms with Crippen molar-refractivity contribution in [1.82, 2.24) is 15.3 Å². The van der Waals surface area contributed by atoms with Gasteiger partial charge in [-0.25, -0.2) is 18.2 Å². The monoisotopic (exact) mass is 508 g/mol. The number of methoxy groups -OCH3 is 1. The van der Waals surface area contributed by atoms with E-state index < -0.39 is 27.8 Å². The van der Waals surface area contributed by atoms with Gasteiger partial charge in [-0.3, -0.25) is 4.79 Å². The van der Waals surface area contributed by atoms with E-state index in [-0.39, 0.29) is 27.4 Å². The van der Waals surface area contributed by atoms with Gasteiger partial charge in [0.2, 0.25) is 0 Å². The van der Waals surface area contributed by atoms with Gasteiger partial charge in [0.05, 0.1) is 29.1 Å². The number of nitrogens with zero attached hydrogens (tertiary/aromatic N) is 2. The van der Waals surface area contributed by atoms with Crippen LogP contribution in [-0.4, -0.2) is 68.5 Å². The number of aryl methyl sites for hydroxylation is 1. The maximum Gasteiger partial charge on any atom is 0.349 e. The first-order valence-electron chi connectivity index (χ1n) is 9.31. The number of anilines is 1. The summed E-state index contributed by atoms with van der Waals surface area (Å²) >= 11 is 13.4. The van der Waals surface area contributed by atoms with Crippen molar-refractivity contribution in [2.24, 2.45) is 5.92 Å². The highest BCUT2D eigenvalue weighted by molar-refractivity contribution is 7.90. The van der Waals surface area contributed by atoms with Crippen LogP contribution < -0.4 is 10.2 Å². The average molecular weight is 509 g/mol. The first-order chi connectivity index (χ1) is 14.5. The van der Waals surface area contributed by atoms with Gasteiger partial charge in [0.25, 0.3) is 5.91 Å². The Balaban J connectivity index is 1.78. The first kappa shape index (κ1) is 23.8. The highest BCUT2D eigenvalue weighted by atomic mass is 35.5. The molecule has 1 saturated heterocycles. The van der Waals surface area contributed by atoms with Crippen molar-refractivity contribution in [2.75, 3.05) is 37.1 Å². The lowest BCUT2D eigenvalue weighted by atomic mass is 9.93. The molecule has 31 heavy (non-hydrogen) atoms. The number of rotatable bonds is 6. The van der Waals surface area contributed by atoms with Gasteiger partial charge in [0, 0.05) is 37.0 Å². The predicted molar refractivity (Wildman–Crippen MR) is 120 cm³/mol. The molecular weight excluding hydrogens is 487 g/mol. The van der Waals surface area contributed by atoms with Gasteiger partial charge in [-0.15, -0.1) is 0 Å². The molecule has 2 aromatic heterocycles. The Hall–Kier alpha value is -1.82. The van der Waals surface area contributed by atoms with E-state index in [0.717, 1.165) is 6.26 Å². The Morgan fingerprint density at radius 2 is 2.10 bits per heavy atom. The molecule has 0 saturated carbocycles. The molecule has 0 bridgehead atoms. The Morgan fingerprint density at radius 1 is 1.39 bits per heavy atom. The fraction of sp³-hybridized carbons (Fsp3) is 0.500. The minimum atomic E-state index is -3.31. The van der Waals surface area contributed by atoms with Crippen molar-refractivity contribution in [3.8, 4) is 0 Å². The Labute approximate surface area is 194 Å². The van der Waals surface area contributed by atoms with Gasteiger partial charge in [-0.1, -0.05) is 34.5 Å². The molecule has 1 amide bonds. The third-order valence-corrected chi connectivity index (χ3v) is 8.02. The summed E-state index contributed by atoms with van der Waals surface area (Å²) in [4.78, 5) is 33.9. The number of esters is 1. The lowest BCUT2D eigenvalue weighted by molar-refractivity contribution is 0.0605. The second-order valence-electron chi connectivity index (χ2n) is 7.42. The van der Waals surface area contributed by atoms with Crippen molar-refractivity contribution < 1.29 is 22.7 Å². The summed E-state index contributed by atoms with van der Waals surface area (Å²) in [5.41, 5.74) is 0.719. The first-order valence-corrected chi connectivity index (χ1v) is 12.9. The zero-order valence-electron chi connectivity index (χ0n) is 17.1. The number of hydrogen-bond acceptors (Lipinski definition) is 8. The quantitative estimate of drug-likeness (QED) is 0.574. The summed E-state index contributed by atoms with van der Waals surface area (Å²) in [6, 6.07) is -0.392. The molecule has 0 spiro atoms. The van der Waals surface area contributed by atoms with E-state index in [1.807, 2.05) is 4.90 Å². The molecule has 13 heteroatoms. The molecular formula is C18H22Cl2N4O5S2. The molecule has 2 aromatic rings. The van der Waals surface area contributed by atoms with E-state index in [1.54, 1.807) is 6.92 Å². The third kappa shape index (κ3) is 5.51. The number of halogens is 2. The highest BCUT2D eigenvalue weighted by Gasteiger charge is 2.34. The Kier molecular flexibility index (Phi) is 7.19. The number of aromatic nitrogens is 2. The van der Waals surface area contributed by atoms with Crippen LogP contribution in [0.2, 0.25) is 10.0 Å². The molecule has 2 N–H and O–H groups in total. The summed E-state index contributed by atoms with van der Waals surface area (Å²) in [5.74, 6) is -1.42. The molecule has 1 aliphatic rings. The zero-order chi connectivity index (χ0) is 22.9. The second-order valence-corrected chi connectivity index (χ2v) is 11.4. The van der Waals surface area contributed by atoms with E-state index in [1.165, 1.54) is 24.6 Å². The van der Waals surface area contributed by atoms with Gasteiger partial charge < -0.3 is 19.9 Å². The van der Waals surface area contributed by atoms with E-state index in [0.29, 0.717) is 35.2 Å². The summed E-state index contributed by atoms with van der Waals surface area (Å²) in [6.45, 7) is 2.58. The Bertz CT molecular complexity index is 1100. The highest BCUT2D eigenvalue weighted by Crippen LogP contribution is 2.31. The van der Waals surface area contributed by atoms with Crippen LogP contribution in [0, 0.1) is 12.8 Å². The molecule has 170 valence electrons. The molecule has 0 radical (unpaired) electrons. The molecule has 3 rings (SSSR count). The van der Waals surface area contributed by atoms with Crippen LogP contribution in [0.3, 0.4) is 0 Å². The summed E-state index contributed by atoms with van der Waals surface area (Å²) in [6.07, 6.45) is 3.09. The number of sulfone groups is 1. The van der Waals surface area contributed by atoms with Gasteiger partial charge in [-0.2, -0.15) is 0 Å². The number of ether oxygens (including phenoxy) is 1. The average Bonchev–Trinajstić information content (AvgIpc) is 3.29. The van der Waals surface area contributed by atoms with Crippen molar-refractivity contribution in [2.45, 2.75) is 19.4 Å². The minimum absolute atomic E-state index is 0.109. The Morgan fingerprint density at radius 3 is 2.68 bits per heavy atom. The van der Waals surface area contributed by atoms with Gasteiger partial charge in [-0.05, 0) is 13.3 Å². The molecule has 3 heterocycles. The zero-order valence-corrected chi connectivity index (χ0v) is 20.2. The third-order valence-electron chi connectivity index (χ3n) is 5.00. The molecule has 0 aromatic carbocycles. The molecule has 2 atom stereocenters. The number of carbonyl (C=O) groups is 2. The number of nitrogens with one attached hydrogen (secondary N) is 2. The van der Waals surface area contributed by atoms with E-state index in [4.69, 9.17) is 27.9 Å². The number of carbonyl (C=O) groups excluding carboxylic acids is 2. The lowest BCUT2D eigenvalue weighted by Gasteiger charge is -2.38. The SMILES string of the molecule is COC(=O)c1cnc(N2CC[C@H](NC(=O)c3[nH]c(C)c(Cl)c3Cl)[C@H](CS(C)(=O)=O)C2)s1. The number of H-pyrrole nitrogens is 1. The van der Waals surface area contributed by atoms with Crippen molar-refractivity contribution >= 4 is 61.4 Å². The van der Waals surface area contributed by atoms with Crippen LogP contribution in [0.25, 0.3) is 0 Å². The minimum Gasteiger partial charge on any atom is -0.465 e. The topological polar surface area (TPSA) is 121 Å². The predicted octanol–water partition coefficient (Wildman–Crippen LogP) is 2.54. The smallest absolute Gasteiger partial charge is 0.349 e. The van der Waals surface area contributed by atoms with Crippen molar-refractivity contribution in [1.29, 1.82) is 0 Å². The number of piperidine rings is 1. The largest absolute Gasteiger partial charge is 0.465 e. The molecule has 9 nitrogen and oxygen atoms in total. The number of thiazole rings is 1. The standard InChI is InChI=1S/C18H22Cl2N4O5S2/c1-9-13(19)14(20)15(22-9)16(25)23-11-4-5-24(7-10(11)8-31(3,27)28)18-21-6-12(30-18)17(26)29-2/h6,10-11,22H,4-5,7-8H2,1-3H3,(H,23,25)/t10-,11-/m0/s1. The second kappa shape index (κ2) is 9.35.